The summed E-state index contributed by atoms with van der Waals surface area (Å²) >= 11 is 0. The zero-order valence-corrected chi connectivity index (χ0v) is 9.21. The molecule has 14 heavy (non-hydrogen) atoms. The molecule has 0 bridgehead atoms. The monoisotopic (exact) mass is 190 g/mol. The third kappa shape index (κ3) is 2.99. The summed E-state index contributed by atoms with van der Waals surface area (Å²) in [6.07, 6.45) is 1.51. The Labute approximate surface area is 86.1 Å². The average molecular weight is 190 g/mol. The molecule has 0 heterocycles. The Morgan fingerprint density at radius 1 is 1.29 bits per heavy atom. The number of carbonyl (C=O) groups is 1. The lowest BCUT2D eigenvalue weighted by Crippen LogP contribution is -2.12. The van der Waals surface area contributed by atoms with Gasteiger partial charge < -0.3 is 0 Å². The maximum absolute atomic E-state index is 11.4. The summed E-state index contributed by atoms with van der Waals surface area (Å²) in [4.78, 5) is 11.4. The summed E-state index contributed by atoms with van der Waals surface area (Å²) in [7, 11) is 0. The van der Waals surface area contributed by atoms with Crippen molar-refractivity contribution in [3.63, 3.8) is 0 Å². The van der Waals surface area contributed by atoms with E-state index in [9.17, 15) is 4.79 Å². The first-order valence-electron chi connectivity index (χ1n) is 5.21. The largest absolute Gasteiger partial charge is 0.299 e. The molecule has 1 aromatic rings. The van der Waals surface area contributed by atoms with Gasteiger partial charge in [0.1, 0.15) is 5.78 Å². The molecular weight excluding hydrogens is 172 g/mol. The molecule has 0 aliphatic rings. The van der Waals surface area contributed by atoms with Crippen molar-refractivity contribution in [1.82, 2.24) is 0 Å². The van der Waals surface area contributed by atoms with Gasteiger partial charge in [-0.05, 0) is 18.9 Å². The molecule has 1 unspecified atom stereocenters. The van der Waals surface area contributed by atoms with Crippen LogP contribution in [0.2, 0.25) is 0 Å². The second kappa shape index (κ2) is 4.94. The minimum absolute atomic E-state index is 0.155. The molecule has 0 radical (unpaired) electrons. The van der Waals surface area contributed by atoms with Gasteiger partial charge in [-0.3, -0.25) is 4.79 Å². The maximum atomic E-state index is 11.4. The molecule has 76 valence electrons. The molecule has 1 nitrogen and oxygen atoms in total. The fraction of sp³-hybridized carbons (Fsp3) is 0.462. The molecule has 0 amide bonds. The van der Waals surface area contributed by atoms with E-state index in [0.717, 1.165) is 6.42 Å². The van der Waals surface area contributed by atoms with Crippen molar-refractivity contribution >= 4 is 5.78 Å². The molecule has 0 spiro atoms. The summed E-state index contributed by atoms with van der Waals surface area (Å²) in [5.41, 5.74) is 2.52. The first-order chi connectivity index (χ1) is 6.63. The third-order valence-electron chi connectivity index (χ3n) is 2.56. The molecule has 0 aliphatic heterocycles. The zero-order valence-electron chi connectivity index (χ0n) is 9.21. The molecule has 1 atom stereocenters. The number of rotatable bonds is 4. The van der Waals surface area contributed by atoms with Crippen molar-refractivity contribution in [2.75, 3.05) is 0 Å². The van der Waals surface area contributed by atoms with E-state index in [2.05, 4.69) is 31.2 Å². The van der Waals surface area contributed by atoms with Crippen LogP contribution in [-0.2, 0) is 11.2 Å². The quantitative estimate of drug-likeness (QED) is 0.712. The second-order valence-electron chi connectivity index (χ2n) is 3.91. The highest BCUT2D eigenvalue weighted by Crippen LogP contribution is 2.11. The Hall–Kier alpha value is -1.11. The van der Waals surface area contributed by atoms with Gasteiger partial charge in [0.15, 0.2) is 0 Å². The molecule has 1 aromatic carbocycles. The van der Waals surface area contributed by atoms with E-state index in [1.54, 1.807) is 0 Å². The molecule has 0 N–H and O–H groups in total. The topological polar surface area (TPSA) is 17.1 Å². The first kappa shape index (κ1) is 11.0. The molecule has 1 heteroatoms. The Bertz CT molecular complexity index is 298. The van der Waals surface area contributed by atoms with E-state index in [0.29, 0.717) is 12.2 Å². The average Bonchev–Trinajstić information content (AvgIpc) is 2.20. The van der Waals surface area contributed by atoms with Gasteiger partial charge in [-0.1, -0.05) is 43.7 Å². The van der Waals surface area contributed by atoms with Crippen LogP contribution in [0.4, 0.5) is 0 Å². The van der Waals surface area contributed by atoms with E-state index < -0.39 is 0 Å². The van der Waals surface area contributed by atoms with Crippen LogP contribution in [-0.4, -0.2) is 5.78 Å². The van der Waals surface area contributed by atoms with Gasteiger partial charge in [-0.2, -0.15) is 0 Å². The van der Waals surface area contributed by atoms with Crippen molar-refractivity contribution in [2.45, 2.75) is 33.6 Å². The van der Waals surface area contributed by atoms with Crippen molar-refractivity contribution in [3.8, 4) is 0 Å². The van der Waals surface area contributed by atoms with Crippen LogP contribution in [0.25, 0.3) is 0 Å². The van der Waals surface area contributed by atoms with E-state index in [-0.39, 0.29) is 5.92 Å². The fourth-order valence-electron chi connectivity index (χ4n) is 1.54. The standard InChI is InChI=1S/C13H18O/c1-4-13(14)11(3)9-12-7-5-10(2)6-8-12/h5-8,11H,4,9H2,1-3H3. The van der Waals surface area contributed by atoms with Gasteiger partial charge in [0, 0.05) is 12.3 Å². The molecule has 0 fully saturated rings. The van der Waals surface area contributed by atoms with Crippen LogP contribution in [0.1, 0.15) is 31.4 Å². The Morgan fingerprint density at radius 3 is 2.36 bits per heavy atom. The normalized spacial score (nSPS) is 12.5. The van der Waals surface area contributed by atoms with Crippen molar-refractivity contribution < 1.29 is 4.79 Å². The highest BCUT2D eigenvalue weighted by atomic mass is 16.1. The Kier molecular flexibility index (Phi) is 3.87. The van der Waals surface area contributed by atoms with Crippen LogP contribution >= 0.6 is 0 Å². The molecule has 0 saturated heterocycles. The lowest BCUT2D eigenvalue weighted by molar-refractivity contribution is -0.122. The maximum Gasteiger partial charge on any atom is 0.135 e. The van der Waals surface area contributed by atoms with Crippen molar-refractivity contribution in [3.05, 3.63) is 35.4 Å². The number of carbonyl (C=O) groups excluding carboxylic acids is 1. The number of ketones is 1. The lowest BCUT2D eigenvalue weighted by Gasteiger charge is -2.08. The minimum atomic E-state index is 0.155. The molecule has 0 aliphatic carbocycles. The van der Waals surface area contributed by atoms with Gasteiger partial charge in [0.2, 0.25) is 0 Å². The predicted octanol–water partition coefficient (Wildman–Crippen LogP) is 3.15. The van der Waals surface area contributed by atoms with Gasteiger partial charge in [0.05, 0.1) is 0 Å². The number of hydrogen-bond acceptors (Lipinski definition) is 1. The third-order valence-corrected chi connectivity index (χ3v) is 2.56. The molecule has 0 aromatic heterocycles. The summed E-state index contributed by atoms with van der Waals surface area (Å²) in [6.45, 7) is 6.00. The second-order valence-corrected chi connectivity index (χ2v) is 3.91. The number of hydrogen-bond donors (Lipinski definition) is 0. The van der Waals surface area contributed by atoms with Crippen molar-refractivity contribution in [1.29, 1.82) is 0 Å². The van der Waals surface area contributed by atoms with Gasteiger partial charge in [-0.15, -0.1) is 0 Å². The lowest BCUT2D eigenvalue weighted by atomic mass is 9.95. The van der Waals surface area contributed by atoms with Gasteiger partial charge in [-0.25, -0.2) is 0 Å². The Balaban J connectivity index is 2.60. The Morgan fingerprint density at radius 2 is 1.86 bits per heavy atom. The van der Waals surface area contributed by atoms with Crippen LogP contribution in [0.3, 0.4) is 0 Å². The highest BCUT2D eigenvalue weighted by molar-refractivity contribution is 5.80. The fourth-order valence-corrected chi connectivity index (χ4v) is 1.54. The highest BCUT2D eigenvalue weighted by Gasteiger charge is 2.10. The molecular formula is C13H18O. The van der Waals surface area contributed by atoms with Crippen LogP contribution in [0, 0.1) is 12.8 Å². The molecule has 0 saturated carbocycles. The van der Waals surface area contributed by atoms with Crippen LogP contribution in [0.15, 0.2) is 24.3 Å². The van der Waals surface area contributed by atoms with Gasteiger partial charge in [0.25, 0.3) is 0 Å². The number of benzene rings is 1. The van der Waals surface area contributed by atoms with E-state index in [4.69, 9.17) is 0 Å². The smallest absolute Gasteiger partial charge is 0.135 e. The van der Waals surface area contributed by atoms with E-state index >= 15 is 0 Å². The van der Waals surface area contributed by atoms with Crippen LogP contribution < -0.4 is 0 Å². The summed E-state index contributed by atoms with van der Waals surface area (Å²) in [5, 5.41) is 0. The van der Waals surface area contributed by atoms with Crippen molar-refractivity contribution in [2.24, 2.45) is 5.92 Å². The minimum Gasteiger partial charge on any atom is -0.299 e. The molecule has 1 rings (SSSR count). The van der Waals surface area contributed by atoms with E-state index in [1.165, 1.54) is 11.1 Å². The first-order valence-corrected chi connectivity index (χ1v) is 5.21. The van der Waals surface area contributed by atoms with Gasteiger partial charge >= 0.3 is 0 Å². The summed E-state index contributed by atoms with van der Waals surface area (Å²) in [5.74, 6) is 0.508. The predicted molar refractivity (Wildman–Crippen MR) is 59.3 cm³/mol. The summed E-state index contributed by atoms with van der Waals surface area (Å²) < 4.78 is 0. The number of Topliss-reactive ketones (excluding diaryl/α,β-unsaturated/α-hetero) is 1. The van der Waals surface area contributed by atoms with E-state index in [1.807, 2.05) is 13.8 Å². The SMILES string of the molecule is CCC(=O)C(C)Cc1ccc(C)cc1. The van der Waals surface area contributed by atoms with Crippen LogP contribution in [0.5, 0.6) is 0 Å². The summed E-state index contributed by atoms with van der Waals surface area (Å²) in [6, 6.07) is 8.40. The number of aryl methyl sites for hydroxylation is 1. The zero-order chi connectivity index (χ0) is 10.6.